The van der Waals surface area contributed by atoms with Gasteiger partial charge in [0.25, 0.3) is 0 Å². The molecule has 23 heavy (non-hydrogen) atoms. The number of nitrogens with two attached hydrogens (primary N) is 1. The fraction of sp³-hybridized carbons (Fsp3) is 0.471. The summed E-state index contributed by atoms with van der Waals surface area (Å²) in [5.74, 6) is -0.803. The lowest BCUT2D eigenvalue weighted by Gasteiger charge is -2.38. The van der Waals surface area contributed by atoms with E-state index < -0.39 is 18.0 Å². The number of carbonyl (C=O) groups excluding carboxylic acids is 3. The predicted molar refractivity (Wildman–Crippen MR) is 84.2 cm³/mol. The Morgan fingerprint density at radius 3 is 2.57 bits per heavy atom. The van der Waals surface area contributed by atoms with Crippen molar-refractivity contribution >= 4 is 17.7 Å². The largest absolute Gasteiger partial charge is 0.368 e. The zero-order valence-electron chi connectivity index (χ0n) is 13.2. The fourth-order valence-electron chi connectivity index (χ4n) is 3.70. The van der Waals surface area contributed by atoms with E-state index in [9.17, 15) is 14.4 Å². The minimum absolute atomic E-state index is 0.103. The summed E-state index contributed by atoms with van der Waals surface area (Å²) in [4.78, 5) is 39.8. The second kappa shape index (κ2) is 6.02. The van der Waals surface area contributed by atoms with Gasteiger partial charge in [0.2, 0.25) is 17.7 Å². The summed E-state index contributed by atoms with van der Waals surface area (Å²) in [7, 11) is 0. The van der Waals surface area contributed by atoms with Crippen LogP contribution >= 0.6 is 0 Å². The summed E-state index contributed by atoms with van der Waals surface area (Å²) in [6, 6.07) is 6.36. The monoisotopic (exact) mass is 315 g/mol. The molecule has 6 nitrogen and oxygen atoms in total. The van der Waals surface area contributed by atoms with E-state index in [0.29, 0.717) is 25.9 Å². The molecule has 2 heterocycles. The lowest BCUT2D eigenvalue weighted by Crippen LogP contribution is -2.52. The summed E-state index contributed by atoms with van der Waals surface area (Å²) in [6.45, 7) is 2.52. The summed E-state index contributed by atoms with van der Waals surface area (Å²) in [6.07, 6.45) is 2.14. The molecule has 1 aromatic carbocycles. The first-order valence-electron chi connectivity index (χ1n) is 7.95. The predicted octanol–water partition coefficient (Wildman–Crippen LogP) is 0.609. The molecule has 0 radical (unpaired) electrons. The molecule has 1 aromatic rings. The summed E-state index contributed by atoms with van der Waals surface area (Å²) in [5.41, 5.74) is 7.44. The van der Waals surface area contributed by atoms with Gasteiger partial charge in [-0.25, -0.2) is 0 Å². The van der Waals surface area contributed by atoms with E-state index in [1.54, 1.807) is 9.80 Å². The van der Waals surface area contributed by atoms with Crippen LogP contribution in [0.4, 0.5) is 0 Å². The number of primary amides is 1. The average Bonchev–Trinajstić information content (AvgIpc) is 3.02. The first-order chi connectivity index (χ1) is 11.0. The Bertz CT molecular complexity index is 658. The molecule has 0 saturated carbocycles. The summed E-state index contributed by atoms with van der Waals surface area (Å²) >= 11 is 0. The number of amides is 3. The Kier molecular flexibility index (Phi) is 4.07. The third-order valence-electron chi connectivity index (χ3n) is 4.78. The van der Waals surface area contributed by atoms with Gasteiger partial charge in [-0.2, -0.15) is 0 Å². The lowest BCUT2D eigenvalue weighted by molar-refractivity contribution is -0.147. The van der Waals surface area contributed by atoms with Crippen molar-refractivity contribution in [2.75, 3.05) is 13.1 Å². The Labute approximate surface area is 135 Å². The maximum Gasteiger partial charge on any atom is 0.246 e. The third kappa shape index (κ3) is 2.69. The lowest BCUT2D eigenvalue weighted by atomic mass is 9.91. The van der Waals surface area contributed by atoms with E-state index >= 15 is 0 Å². The van der Waals surface area contributed by atoms with Crippen molar-refractivity contribution in [1.29, 1.82) is 0 Å². The number of rotatable bonds is 2. The van der Waals surface area contributed by atoms with Crippen molar-refractivity contribution in [3.05, 3.63) is 35.4 Å². The van der Waals surface area contributed by atoms with E-state index in [4.69, 9.17) is 5.73 Å². The first-order valence-corrected chi connectivity index (χ1v) is 7.95. The number of nitrogens with zero attached hydrogens (tertiary/aromatic N) is 2. The van der Waals surface area contributed by atoms with Crippen LogP contribution in [-0.2, 0) is 20.8 Å². The average molecular weight is 315 g/mol. The Morgan fingerprint density at radius 1 is 1.13 bits per heavy atom. The molecule has 6 heteroatoms. The van der Waals surface area contributed by atoms with Gasteiger partial charge in [0.1, 0.15) is 12.1 Å². The molecule has 2 atom stereocenters. The third-order valence-corrected chi connectivity index (χ3v) is 4.78. The number of carbonyl (C=O) groups is 3. The minimum Gasteiger partial charge on any atom is -0.368 e. The van der Waals surface area contributed by atoms with Crippen LogP contribution in [0.5, 0.6) is 0 Å². The number of hydrogen-bond donors (Lipinski definition) is 1. The SMILES string of the molecule is CC(=O)N1CCCC1C(=O)N1CCc2ccccc2C1C(N)=O. The van der Waals surface area contributed by atoms with Crippen molar-refractivity contribution in [3.8, 4) is 0 Å². The van der Waals surface area contributed by atoms with Gasteiger partial charge in [-0.05, 0) is 30.4 Å². The van der Waals surface area contributed by atoms with Gasteiger partial charge in [0.15, 0.2) is 0 Å². The molecular formula is C17H21N3O3. The van der Waals surface area contributed by atoms with Crippen LogP contribution in [0.15, 0.2) is 24.3 Å². The molecule has 122 valence electrons. The van der Waals surface area contributed by atoms with E-state index in [1.807, 2.05) is 24.3 Å². The summed E-state index contributed by atoms with van der Waals surface area (Å²) in [5, 5.41) is 0. The standard InChI is InChI=1S/C17H21N3O3/c1-11(21)19-9-4-7-14(19)17(23)20-10-8-12-5-2-3-6-13(12)15(20)16(18)22/h2-3,5-6,14-15H,4,7-10H2,1H3,(H2,18,22). The van der Waals surface area contributed by atoms with Crippen LogP contribution in [0.1, 0.15) is 36.9 Å². The second-order valence-corrected chi connectivity index (χ2v) is 6.16. The van der Waals surface area contributed by atoms with Crippen LogP contribution in [0.25, 0.3) is 0 Å². The van der Waals surface area contributed by atoms with Gasteiger partial charge in [0.05, 0.1) is 0 Å². The fourth-order valence-corrected chi connectivity index (χ4v) is 3.70. The van der Waals surface area contributed by atoms with E-state index in [-0.39, 0.29) is 11.8 Å². The molecule has 1 saturated heterocycles. The van der Waals surface area contributed by atoms with Crippen molar-refractivity contribution in [2.24, 2.45) is 5.73 Å². The molecule has 2 aliphatic rings. The smallest absolute Gasteiger partial charge is 0.246 e. The second-order valence-electron chi connectivity index (χ2n) is 6.16. The number of hydrogen-bond acceptors (Lipinski definition) is 3. The van der Waals surface area contributed by atoms with Gasteiger partial charge in [-0.15, -0.1) is 0 Å². The van der Waals surface area contributed by atoms with Crippen molar-refractivity contribution in [3.63, 3.8) is 0 Å². The van der Waals surface area contributed by atoms with Crippen molar-refractivity contribution in [2.45, 2.75) is 38.3 Å². The highest BCUT2D eigenvalue weighted by atomic mass is 16.2. The van der Waals surface area contributed by atoms with E-state index in [2.05, 4.69) is 0 Å². The van der Waals surface area contributed by atoms with Crippen molar-refractivity contribution < 1.29 is 14.4 Å². The van der Waals surface area contributed by atoms with Gasteiger partial charge in [-0.1, -0.05) is 24.3 Å². The first kappa shape index (κ1) is 15.5. The Balaban J connectivity index is 1.91. The number of likely N-dealkylation sites (tertiary alicyclic amines) is 1. The topological polar surface area (TPSA) is 83.7 Å². The van der Waals surface area contributed by atoms with Crippen LogP contribution in [0.2, 0.25) is 0 Å². The molecule has 0 aliphatic carbocycles. The molecule has 0 bridgehead atoms. The highest BCUT2D eigenvalue weighted by Gasteiger charge is 2.41. The highest BCUT2D eigenvalue weighted by molar-refractivity contribution is 5.92. The molecule has 0 aromatic heterocycles. The zero-order valence-corrected chi connectivity index (χ0v) is 13.2. The van der Waals surface area contributed by atoms with Gasteiger partial charge in [-0.3, -0.25) is 14.4 Å². The molecular weight excluding hydrogens is 294 g/mol. The van der Waals surface area contributed by atoms with E-state index in [0.717, 1.165) is 17.5 Å². The van der Waals surface area contributed by atoms with Crippen LogP contribution in [0, 0.1) is 0 Å². The van der Waals surface area contributed by atoms with Crippen LogP contribution < -0.4 is 5.73 Å². The molecule has 1 fully saturated rings. The molecule has 3 rings (SSSR count). The van der Waals surface area contributed by atoms with Gasteiger partial charge in [0, 0.05) is 20.0 Å². The van der Waals surface area contributed by atoms with Gasteiger partial charge >= 0.3 is 0 Å². The molecule has 2 aliphatic heterocycles. The van der Waals surface area contributed by atoms with E-state index in [1.165, 1.54) is 6.92 Å². The molecule has 2 unspecified atom stereocenters. The van der Waals surface area contributed by atoms with Crippen LogP contribution in [0.3, 0.4) is 0 Å². The molecule has 3 amide bonds. The minimum atomic E-state index is -0.748. The van der Waals surface area contributed by atoms with Crippen molar-refractivity contribution in [1.82, 2.24) is 9.80 Å². The quantitative estimate of drug-likeness (QED) is 0.868. The maximum atomic E-state index is 13.0. The number of fused-ring (bicyclic) bond motifs is 1. The highest BCUT2D eigenvalue weighted by Crippen LogP contribution is 2.32. The zero-order chi connectivity index (χ0) is 16.6. The van der Waals surface area contributed by atoms with Gasteiger partial charge < -0.3 is 15.5 Å². The Morgan fingerprint density at radius 2 is 1.87 bits per heavy atom. The maximum absolute atomic E-state index is 13.0. The van der Waals surface area contributed by atoms with Crippen LogP contribution in [-0.4, -0.2) is 46.7 Å². The molecule has 0 spiro atoms. The Hall–Kier alpha value is -2.37. The molecule has 2 N–H and O–H groups in total. The summed E-state index contributed by atoms with van der Waals surface area (Å²) < 4.78 is 0. The normalized spacial score (nSPS) is 23.5. The number of benzene rings is 1.